The van der Waals surface area contributed by atoms with Crippen molar-refractivity contribution in [2.45, 2.75) is 13.8 Å². The van der Waals surface area contributed by atoms with E-state index in [2.05, 4.69) is 0 Å². The molecule has 2 aromatic carbocycles. The average molecular weight is 258 g/mol. The Morgan fingerprint density at radius 1 is 1.16 bits per heavy atom. The zero-order valence-corrected chi connectivity index (χ0v) is 11.2. The summed E-state index contributed by atoms with van der Waals surface area (Å²) >= 11 is 0. The van der Waals surface area contributed by atoms with Crippen molar-refractivity contribution in [3.63, 3.8) is 0 Å². The van der Waals surface area contributed by atoms with E-state index in [1.54, 1.807) is 12.1 Å². The van der Waals surface area contributed by atoms with Crippen LogP contribution < -0.4 is 4.74 Å². The predicted octanol–water partition coefficient (Wildman–Crippen LogP) is 3.68. The van der Waals surface area contributed by atoms with Crippen molar-refractivity contribution < 1.29 is 13.9 Å². The smallest absolute Gasteiger partial charge is 0.196 e. The molecule has 0 heterocycles. The van der Waals surface area contributed by atoms with Crippen molar-refractivity contribution in [1.29, 1.82) is 0 Å². The molecule has 2 aromatic rings. The number of ketones is 1. The fraction of sp³-hybridized carbons (Fsp3) is 0.188. The second-order valence-electron chi connectivity index (χ2n) is 4.43. The molecule has 0 fully saturated rings. The summed E-state index contributed by atoms with van der Waals surface area (Å²) in [4.78, 5) is 12.4. The molecular weight excluding hydrogens is 243 g/mol. The highest BCUT2D eigenvalue weighted by Crippen LogP contribution is 2.28. The predicted molar refractivity (Wildman–Crippen MR) is 72.3 cm³/mol. The molecule has 0 aromatic heterocycles. The molecule has 2 rings (SSSR count). The van der Waals surface area contributed by atoms with Crippen molar-refractivity contribution in [3.8, 4) is 5.75 Å². The second kappa shape index (κ2) is 5.22. The Bertz CT molecular complexity index is 633. The van der Waals surface area contributed by atoms with Gasteiger partial charge in [0.2, 0.25) is 0 Å². The number of carbonyl (C=O) groups is 1. The third-order valence-electron chi connectivity index (χ3n) is 3.21. The van der Waals surface area contributed by atoms with Gasteiger partial charge < -0.3 is 4.74 Å². The lowest BCUT2D eigenvalue weighted by atomic mass is 9.97. The Morgan fingerprint density at radius 2 is 1.89 bits per heavy atom. The van der Waals surface area contributed by atoms with Crippen LogP contribution in [0.1, 0.15) is 27.0 Å². The first-order chi connectivity index (χ1) is 9.04. The minimum atomic E-state index is -0.423. The number of hydrogen-bond acceptors (Lipinski definition) is 2. The maximum Gasteiger partial charge on any atom is 0.196 e. The largest absolute Gasteiger partial charge is 0.496 e. The van der Waals surface area contributed by atoms with Gasteiger partial charge in [0.05, 0.1) is 12.7 Å². The number of benzene rings is 2. The highest BCUT2D eigenvalue weighted by molar-refractivity contribution is 6.11. The van der Waals surface area contributed by atoms with Gasteiger partial charge >= 0.3 is 0 Å². The van der Waals surface area contributed by atoms with Gasteiger partial charge in [-0.15, -0.1) is 0 Å². The number of hydrogen-bond donors (Lipinski definition) is 0. The van der Waals surface area contributed by atoms with Crippen LogP contribution in [-0.2, 0) is 0 Å². The number of rotatable bonds is 3. The molecule has 2 nitrogen and oxygen atoms in total. The van der Waals surface area contributed by atoms with Crippen LogP contribution in [0, 0.1) is 19.7 Å². The van der Waals surface area contributed by atoms with E-state index >= 15 is 0 Å². The van der Waals surface area contributed by atoms with Gasteiger partial charge in [0.15, 0.2) is 5.78 Å². The van der Waals surface area contributed by atoms with Crippen molar-refractivity contribution in [2.75, 3.05) is 7.11 Å². The van der Waals surface area contributed by atoms with Gasteiger partial charge in [-0.1, -0.05) is 18.2 Å². The van der Waals surface area contributed by atoms with Crippen molar-refractivity contribution in [3.05, 3.63) is 64.5 Å². The van der Waals surface area contributed by atoms with Gasteiger partial charge in [-0.2, -0.15) is 0 Å². The minimum absolute atomic E-state index is 0.237. The van der Waals surface area contributed by atoms with Crippen LogP contribution >= 0.6 is 0 Å². The quantitative estimate of drug-likeness (QED) is 0.785. The molecule has 0 saturated heterocycles. The summed E-state index contributed by atoms with van der Waals surface area (Å²) in [5, 5.41) is 0. The third-order valence-corrected chi connectivity index (χ3v) is 3.21. The lowest BCUT2D eigenvalue weighted by Gasteiger charge is -2.12. The molecule has 3 heteroatoms. The second-order valence-corrected chi connectivity index (χ2v) is 4.43. The molecule has 0 bridgehead atoms. The van der Waals surface area contributed by atoms with Gasteiger partial charge in [0.25, 0.3) is 0 Å². The Hall–Kier alpha value is -2.16. The van der Waals surface area contributed by atoms with Gasteiger partial charge in [-0.25, -0.2) is 4.39 Å². The number of aryl methyl sites for hydroxylation is 1. The van der Waals surface area contributed by atoms with E-state index < -0.39 is 5.82 Å². The molecule has 0 atom stereocenters. The SMILES string of the molecule is COc1c(C(=O)c2cccc(F)c2)ccc(C)c1C. The Labute approximate surface area is 111 Å². The Kier molecular flexibility index (Phi) is 3.65. The van der Waals surface area contributed by atoms with Crippen LogP contribution in [-0.4, -0.2) is 12.9 Å². The normalized spacial score (nSPS) is 10.3. The summed E-state index contributed by atoms with van der Waals surface area (Å²) in [6.07, 6.45) is 0. The van der Waals surface area contributed by atoms with Crippen LogP contribution in [0.15, 0.2) is 36.4 Å². The molecule has 0 saturated carbocycles. The van der Waals surface area contributed by atoms with Crippen molar-refractivity contribution in [2.24, 2.45) is 0 Å². The van der Waals surface area contributed by atoms with Crippen LogP contribution in [0.2, 0.25) is 0 Å². The van der Waals surface area contributed by atoms with Gasteiger partial charge in [-0.3, -0.25) is 4.79 Å². The summed E-state index contributed by atoms with van der Waals surface area (Å²) in [5.41, 5.74) is 2.75. The number of carbonyl (C=O) groups excluding carboxylic acids is 1. The third kappa shape index (κ3) is 2.50. The fourth-order valence-corrected chi connectivity index (χ4v) is 2.02. The topological polar surface area (TPSA) is 26.3 Å². The van der Waals surface area contributed by atoms with E-state index in [0.29, 0.717) is 16.9 Å². The summed E-state index contributed by atoms with van der Waals surface area (Å²) in [6, 6.07) is 9.25. The molecule has 0 spiro atoms. The van der Waals surface area contributed by atoms with Gasteiger partial charge in [0.1, 0.15) is 11.6 Å². The molecular formula is C16H15FO2. The standard InChI is InChI=1S/C16H15FO2/c1-10-7-8-14(16(19-3)11(10)2)15(18)12-5-4-6-13(17)9-12/h4-9H,1-3H3. The monoisotopic (exact) mass is 258 g/mol. The van der Waals surface area contributed by atoms with E-state index in [4.69, 9.17) is 4.74 Å². The van der Waals surface area contributed by atoms with Crippen molar-refractivity contribution >= 4 is 5.78 Å². The molecule has 0 aliphatic carbocycles. The van der Waals surface area contributed by atoms with Crippen LogP contribution in [0.25, 0.3) is 0 Å². The number of halogens is 1. The maximum absolute atomic E-state index is 13.2. The maximum atomic E-state index is 13.2. The van der Waals surface area contributed by atoms with Crippen LogP contribution in [0.5, 0.6) is 5.75 Å². The molecule has 0 aliphatic rings. The lowest BCUT2D eigenvalue weighted by molar-refractivity contribution is 0.103. The summed E-state index contributed by atoms with van der Waals surface area (Å²) in [5.74, 6) is -0.109. The van der Waals surface area contributed by atoms with Crippen molar-refractivity contribution in [1.82, 2.24) is 0 Å². The molecule has 0 amide bonds. The lowest BCUT2D eigenvalue weighted by Crippen LogP contribution is -2.06. The van der Waals surface area contributed by atoms with Crippen LogP contribution in [0.3, 0.4) is 0 Å². The van der Waals surface area contributed by atoms with Gasteiger partial charge in [-0.05, 0) is 43.2 Å². The molecule has 19 heavy (non-hydrogen) atoms. The summed E-state index contributed by atoms with van der Waals surface area (Å²) in [7, 11) is 1.53. The zero-order chi connectivity index (χ0) is 14.0. The first-order valence-electron chi connectivity index (χ1n) is 5.99. The Balaban J connectivity index is 2.53. The van der Waals surface area contributed by atoms with E-state index in [0.717, 1.165) is 11.1 Å². The van der Waals surface area contributed by atoms with E-state index in [-0.39, 0.29) is 5.78 Å². The zero-order valence-electron chi connectivity index (χ0n) is 11.2. The highest BCUT2D eigenvalue weighted by atomic mass is 19.1. The summed E-state index contributed by atoms with van der Waals surface area (Å²) < 4.78 is 18.5. The van der Waals surface area contributed by atoms with E-state index in [1.165, 1.54) is 25.3 Å². The first-order valence-corrected chi connectivity index (χ1v) is 5.99. The molecule has 0 N–H and O–H groups in total. The molecule has 0 aliphatic heterocycles. The van der Waals surface area contributed by atoms with Crippen LogP contribution in [0.4, 0.5) is 4.39 Å². The van der Waals surface area contributed by atoms with E-state index in [9.17, 15) is 9.18 Å². The highest BCUT2D eigenvalue weighted by Gasteiger charge is 2.17. The first kappa shape index (κ1) is 13.3. The number of ether oxygens (including phenoxy) is 1. The van der Waals surface area contributed by atoms with E-state index in [1.807, 2.05) is 19.9 Å². The average Bonchev–Trinajstić information content (AvgIpc) is 2.41. The fourth-order valence-electron chi connectivity index (χ4n) is 2.02. The Morgan fingerprint density at radius 3 is 2.53 bits per heavy atom. The number of methoxy groups -OCH3 is 1. The summed E-state index contributed by atoms with van der Waals surface area (Å²) in [6.45, 7) is 3.85. The minimum Gasteiger partial charge on any atom is -0.496 e. The molecule has 0 unspecified atom stereocenters. The van der Waals surface area contributed by atoms with Gasteiger partial charge in [0, 0.05) is 5.56 Å². The molecule has 0 radical (unpaired) electrons. The molecule has 98 valence electrons.